The lowest BCUT2D eigenvalue weighted by atomic mass is 10.1. The molecule has 5 nitrogen and oxygen atoms in total. The van der Waals surface area contributed by atoms with E-state index in [1.165, 1.54) is 12.1 Å². The number of rotatable bonds is 3. The molecule has 0 radical (unpaired) electrons. The molecular formula is C15H11NO4. The Hall–Kier alpha value is -2.82. The summed E-state index contributed by atoms with van der Waals surface area (Å²) in [4.78, 5) is 25.2. The largest absolute Gasteiger partial charge is 0.508 e. The van der Waals surface area contributed by atoms with Crippen molar-refractivity contribution in [2.24, 2.45) is 0 Å². The summed E-state index contributed by atoms with van der Waals surface area (Å²) in [6.45, 7) is -0.185. The summed E-state index contributed by atoms with van der Waals surface area (Å²) in [5.41, 5.74) is 0.772. The molecule has 1 N–H and O–H groups in total. The molecule has 2 amide bonds. The van der Waals surface area contributed by atoms with Crippen molar-refractivity contribution in [1.29, 1.82) is 0 Å². The van der Waals surface area contributed by atoms with E-state index in [1.807, 2.05) is 0 Å². The van der Waals surface area contributed by atoms with Gasteiger partial charge in [-0.15, -0.1) is 0 Å². The molecule has 0 saturated heterocycles. The van der Waals surface area contributed by atoms with Gasteiger partial charge in [-0.25, -0.2) is 4.90 Å². The van der Waals surface area contributed by atoms with Crippen LogP contribution in [0.15, 0.2) is 48.5 Å². The molecular weight excluding hydrogens is 258 g/mol. The lowest BCUT2D eigenvalue weighted by Gasteiger charge is -2.14. The van der Waals surface area contributed by atoms with Crippen LogP contribution in [-0.4, -0.2) is 28.6 Å². The number of phenolic OH excluding ortho intramolecular Hbond substituents is 1. The van der Waals surface area contributed by atoms with Crippen molar-refractivity contribution in [2.75, 3.05) is 6.73 Å². The predicted octanol–water partition coefficient (Wildman–Crippen LogP) is 2.02. The number of nitrogens with zero attached hydrogens (tertiary/aromatic N) is 1. The molecule has 5 heteroatoms. The van der Waals surface area contributed by atoms with Crippen molar-refractivity contribution in [1.82, 2.24) is 4.90 Å². The first-order valence-corrected chi connectivity index (χ1v) is 6.04. The summed E-state index contributed by atoms with van der Waals surface area (Å²) in [6.07, 6.45) is 0. The highest BCUT2D eigenvalue weighted by molar-refractivity contribution is 6.21. The van der Waals surface area contributed by atoms with Crippen LogP contribution in [0.25, 0.3) is 0 Å². The molecule has 20 heavy (non-hydrogen) atoms. The lowest BCUT2D eigenvalue weighted by molar-refractivity contribution is 0.0522. The summed E-state index contributed by atoms with van der Waals surface area (Å²) < 4.78 is 5.37. The first-order chi connectivity index (χ1) is 9.66. The topological polar surface area (TPSA) is 66.8 Å². The van der Waals surface area contributed by atoms with Crippen molar-refractivity contribution in [3.8, 4) is 11.5 Å². The molecule has 2 aromatic rings. The zero-order valence-corrected chi connectivity index (χ0v) is 10.4. The Morgan fingerprint density at radius 2 is 1.60 bits per heavy atom. The third kappa shape index (κ3) is 1.99. The standard InChI is InChI=1S/C15H11NO4/c17-10-4-3-5-11(8-10)20-9-16-14(18)12-6-1-2-7-13(12)15(16)19/h1-8,17H,9H2. The zero-order valence-electron chi connectivity index (χ0n) is 10.4. The van der Waals surface area contributed by atoms with Crippen molar-refractivity contribution in [2.45, 2.75) is 0 Å². The minimum Gasteiger partial charge on any atom is -0.508 e. The maximum atomic E-state index is 12.1. The number of carbonyl (C=O) groups excluding carboxylic acids is 2. The fourth-order valence-corrected chi connectivity index (χ4v) is 2.07. The van der Waals surface area contributed by atoms with E-state index in [0.29, 0.717) is 16.9 Å². The van der Waals surface area contributed by atoms with Gasteiger partial charge >= 0.3 is 0 Å². The van der Waals surface area contributed by atoms with Crippen molar-refractivity contribution >= 4 is 11.8 Å². The van der Waals surface area contributed by atoms with E-state index in [4.69, 9.17) is 4.74 Å². The van der Waals surface area contributed by atoms with Gasteiger partial charge in [0.05, 0.1) is 11.1 Å². The highest BCUT2D eigenvalue weighted by atomic mass is 16.5. The minimum absolute atomic E-state index is 0.0601. The van der Waals surface area contributed by atoms with Gasteiger partial charge in [0, 0.05) is 6.07 Å². The van der Waals surface area contributed by atoms with E-state index >= 15 is 0 Å². The number of aromatic hydroxyl groups is 1. The number of phenols is 1. The second-order valence-corrected chi connectivity index (χ2v) is 4.35. The Balaban J connectivity index is 1.77. The smallest absolute Gasteiger partial charge is 0.264 e. The van der Waals surface area contributed by atoms with E-state index in [1.54, 1.807) is 36.4 Å². The van der Waals surface area contributed by atoms with E-state index in [0.717, 1.165) is 4.90 Å². The van der Waals surface area contributed by atoms with Gasteiger partial charge in [-0.05, 0) is 24.3 Å². The Morgan fingerprint density at radius 3 is 2.20 bits per heavy atom. The zero-order chi connectivity index (χ0) is 14.1. The minimum atomic E-state index is -0.370. The molecule has 0 unspecified atom stereocenters. The third-order valence-corrected chi connectivity index (χ3v) is 3.06. The molecule has 0 fully saturated rings. The molecule has 1 heterocycles. The van der Waals surface area contributed by atoms with E-state index < -0.39 is 0 Å². The Kier molecular flexibility index (Phi) is 2.87. The number of amides is 2. The molecule has 100 valence electrons. The number of benzene rings is 2. The van der Waals surface area contributed by atoms with E-state index in [-0.39, 0.29) is 24.3 Å². The average molecular weight is 269 g/mol. The van der Waals surface area contributed by atoms with Gasteiger partial charge in [0.15, 0.2) is 6.73 Å². The van der Waals surface area contributed by atoms with Crippen LogP contribution in [-0.2, 0) is 0 Å². The molecule has 0 saturated carbocycles. The fraction of sp³-hybridized carbons (Fsp3) is 0.0667. The summed E-state index contributed by atoms with van der Waals surface area (Å²) in [5.74, 6) is -0.289. The lowest BCUT2D eigenvalue weighted by Crippen LogP contribution is -2.33. The normalized spacial score (nSPS) is 13.5. The molecule has 1 aliphatic heterocycles. The third-order valence-electron chi connectivity index (χ3n) is 3.06. The van der Waals surface area contributed by atoms with Crippen LogP contribution in [0, 0.1) is 0 Å². The molecule has 0 aliphatic carbocycles. The number of fused-ring (bicyclic) bond motifs is 1. The highest BCUT2D eigenvalue weighted by Crippen LogP contribution is 2.23. The van der Waals surface area contributed by atoms with Gasteiger partial charge in [-0.1, -0.05) is 18.2 Å². The van der Waals surface area contributed by atoms with Gasteiger partial charge in [0.1, 0.15) is 11.5 Å². The quantitative estimate of drug-likeness (QED) is 0.866. The molecule has 0 spiro atoms. The molecule has 1 aliphatic rings. The molecule has 0 aromatic heterocycles. The number of hydrogen-bond donors (Lipinski definition) is 1. The predicted molar refractivity (Wildman–Crippen MR) is 70.5 cm³/mol. The van der Waals surface area contributed by atoms with Crippen LogP contribution in [0.2, 0.25) is 0 Å². The van der Waals surface area contributed by atoms with Crippen molar-refractivity contribution < 1.29 is 19.4 Å². The summed E-state index contributed by atoms with van der Waals surface area (Å²) >= 11 is 0. The van der Waals surface area contributed by atoms with Crippen LogP contribution >= 0.6 is 0 Å². The monoisotopic (exact) mass is 269 g/mol. The SMILES string of the molecule is O=C1c2ccccc2C(=O)N1COc1cccc(O)c1. The van der Waals surface area contributed by atoms with Crippen molar-refractivity contribution in [3.63, 3.8) is 0 Å². The van der Waals surface area contributed by atoms with Crippen LogP contribution in [0.4, 0.5) is 0 Å². The Labute approximate surface area is 115 Å². The van der Waals surface area contributed by atoms with Gasteiger partial charge < -0.3 is 9.84 Å². The van der Waals surface area contributed by atoms with Crippen molar-refractivity contribution in [3.05, 3.63) is 59.7 Å². The molecule has 3 rings (SSSR count). The first kappa shape index (κ1) is 12.2. The molecule has 0 bridgehead atoms. The summed E-state index contributed by atoms with van der Waals surface area (Å²) in [6, 6.07) is 12.8. The van der Waals surface area contributed by atoms with Gasteiger partial charge in [-0.2, -0.15) is 0 Å². The second kappa shape index (κ2) is 4.70. The summed E-state index contributed by atoms with van der Waals surface area (Å²) in [5, 5.41) is 9.32. The number of carbonyl (C=O) groups is 2. The number of ether oxygens (including phenoxy) is 1. The highest BCUT2D eigenvalue weighted by Gasteiger charge is 2.35. The average Bonchev–Trinajstić information content (AvgIpc) is 2.70. The van der Waals surface area contributed by atoms with Crippen LogP contribution in [0.1, 0.15) is 20.7 Å². The van der Waals surface area contributed by atoms with E-state index in [9.17, 15) is 14.7 Å². The summed E-state index contributed by atoms with van der Waals surface area (Å²) in [7, 11) is 0. The molecule has 2 aromatic carbocycles. The van der Waals surface area contributed by atoms with Crippen LogP contribution in [0.3, 0.4) is 0 Å². The van der Waals surface area contributed by atoms with Gasteiger partial charge in [0.25, 0.3) is 11.8 Å². The molecule has 0 atom stereocenters. The Bertz CT molecular complexity index is 661. The number of imide groups is 1. The van der Waals surface area contributed by atoms with Crippen LogP contribution in [0.5, 0.6) is 11.5 Å². The van der Waals surface area contributed by atoms with Gasteiger partial charge in [-0.3, -0.25) is 9.59 Å². The Morgan fingerprint density at radius 1 is 0.950 bits per heavy atom. The second-order valence-electron chi connectivity index (χ2n) is 4.35. The van der Waals surface area contributed by atoms with Crippen LogP contribution < -0.4 is 4.74 Å². The maximum Gasteiger partial charge on any atom is 0.264 e. The first-order valence-electron chi connectivity index (χ1n) is 6.04. The number of hydrogen-bond acceptors (Lipinski definition) is 4. The fourth-order valence-electron chi connectivity index (χ4n) is 2.07. The van der Waals surface area contributed by atoms with Gasteiger partial charge in [0.2, 0.25) is 0 Å². The maximum absolute atomic E-state index is 12.1. The van der Waals surface area contributed by atoms with E-state index in [2.05, 4.69) is 0 Å².